The Kier molecular flexibility index (Phi) is 5.92. The molecule has 2 aliphatic rings. The van der Waals surface area contributed by atoms with Gasteiger partial charge in [-0.3, -0.25) is 9.69 Å². The van der Waals surface area contributed by atoms with Crippen molar-refractivity contribution in [1.29, 1.82) is 0 Å². The highest BCUT2D eigenvalue weighted by atomic mass is 35.5. The van der Waals surface area contributed by atoms with Gasteiger partial charge in [0.25, 0.3) is 5.91 Å². The molecule has 4 rings (SSSR count). The van der Waals surface area contributed by atoms with E-state index in [1.54, 1.807) is 23.5 Å². The van der Waals surface area contributed by atoms with E-state index in [1.165, 1.54) is 0 Å². The third-order valence-corrected chi connectivity index (χ3v) is 6.25. The fraction of sp³-hybridized carbons (Fsp3) is 0.474. The molecule has 2 aromatic rings. The number of aromatic nitrogens is 1. The van der Waals surface area contributed by atoms with Crippen LogP contribution in [-0.2, 0) is 11.3 Å². The van der Waals surface area contributed by atoms with Crippen LogP contribution in [0.4, 0.5) is 5.13 Å². The average molecular weight is 407 g/mol. The highest BCUT2D eigenvalue weighted by molar-refractivity contribution is 7.13. The lowest BCUT2D eigenvalue weighted by atomic mass is 10.2. The van der Waals surface area contributed by atoms with Gasteiger partial charge in [-0.05, 0) is 12.1 Å². The summed E-state index contributed by atoms with van der Waals surface area (Å²) in [5.74, 6) is 0.00685. The number of hydrogen-bond acceptors (Lipinski definition) is 6. The summed E-state index contributed by atoms with van der Waals surface area (Å²) in [5.41, 5.74) is 1.70. The van der Waals surface area contributed by atoms with Gasteiger partial charge in [-0.2, -0.15) is 0 Å². The van der Waals surface area contributed by atoms with E-state index in [0.29, 0.717) is 23.7 Å². The Morgan fingerprint density at radius 3 is 2.59 bits per heavy atom. The van der Waals surface area contributed by atoms with Gasteiger partial charge in [-0.15, -0.1) is 11.3 Å². The Morgan fingerprint density at radius 2 is 1.85 bits per heavy atom. The third kappa shape index (κ3) is 4.43. The Bertz CT molecular complexity index is 786. The van der Waals surface area contributed by atoms with Crippen molar-refractivity contribution in [3.8, 4) is 0 Å². The number of rotatable bonds is 4. The van der Waals surface area contributed by atoms with Crippen molar-refractivity contribution < 1.29 is 9.53 Å². The molecule has 0 atom stereocenters. The number of nitrogens with zero attached hydrogens (tertiary/aromatic N) is 4. The Labute approximate surface area is 168 Å². The summed E-state index contributed by atoms with van der Waals surface area (Å²) in [5, 5.41) is 3.70. The maximum absolute atomic E-state index is 12.7. The molecular weight excluding hydrogens is 384 g/mol. The molecule has 1 amide bonds. The van der Waals surface area contributed by atoms with Crippen LogP contribution in [0.25, 0.3) is 0 Å². The van der Waals surface area contributed by atoms with E-state index >= 15 is 0 Å². The van der Waals surface area contributed by atoms with Crippen molar-refractivity contribution in [1.82, 2.24) is 14.8 Å². The van der Waals surface area contributed by atoms with Crippen LogP contribution in [0.15, 0.2) is 29.6 Å². The minimum absolute atomic E-state index is 0.00685. The summed E-state index contributed by atoms with van der Waals surface area (Å²) in [6, 6.07) is 7.24. The second-order valence-corrected chi connectivity index (χ2v) is 8.01. The molecule has 1 aromatic heterocycles. The number of amides is 1. The minimum Gasteiger partial charge on any atom is -0.379 e. The molecule has 0 aliphatic carbocycles. The normalized spacial score (nSPS) is 18.7. The van der Waals surface area contributed by atoms with Crippen molar-refractivity contribution in [2.24, 2.45) is 0 Å². The molecule has 0 saturated carbocycles. The predicted octanol–water partition coefficient (Wildman–Crippen LogP) is 2.59. The van der Waals surface area contributed by atoms with E-state index in [4.69, 9.17) is 21.3 Å². The van der Waals surface area contributed by atoms with Gasteiger partial charge in [-0.25, -0.2) is 4.98 Å². The number of thiazole rings is 1. The summed E-state index contributed by atoms with van der Waals surface area (Å²) in [6.45, 7) is 7.37. The lowest BCUT2D eigenvalue weighted by molar-refractivity contribution is 0.0337. The quantitative estimate of drug-likeness (QED) is 0.781. The topological polar surface area (TPSA) is 48.9 Å². The number of piperazine rings is 1. The number of carbonyl (C=O) groups is 1. The molecule has 2 saturated heterocycles. The molecule has 0 spiro atoms. The van der Waals surface area contributed by atoms with Crippen molar-refractivity contribution >= 4 is 34.0 Å². The van der Waals surface area contributed by atoms with Crippen LogP contribution >= 0.6 is 22.9 Å². The van der Waals surface area contributed by atoms with Crippen molar-refractivity contribution in [2.75, 3.05) is 57.4 Å². The zero-order valence-electron chi connectivity index (χ0n) is 15.1. The SMILES string of the molecule is O=C(c1ccccc1Cl)N1CCN(c2nc(CN3CCOCC3)cs2)CC1. The molecule has 8 heteroatoms. The molecule has 0 unspecified atom stereocenters. The number of morpholine rings is 1. The number of benzene rings is 1. The van der Waals surface area contributed by atoms with Crippen LogP contribution in [0.3, 0.4) is 0 Å². The largest absolute Gasteiger partial charge is 0.379 e. The van der Waals surface area contributed by atoms with Crippen molar-refractivity contribution in [3.63, 3.8) is 0 Å². The van der Waals surface area contributed by atoms with E-state index in [1.807, 2.05) is 17.0 Å². The standard InChI is InChI=1S/C19H23ClN4O2S/c20-17-4-2-1-3-16(17)18(25)23-5-7-24(8-6-23)19-21-15(14-27-19)13-22-9-11-26-12-10-22/h1-4,14H,5-13H2. The number of halogens is 1. The van der Waals surface area contributed by atoms with Gasteiger partial charge in [0.15, 0.2) is 5.13 Å². The number of ether oxygens (including phenoxy) is 1. The molecule has 0 N–H and O–H groups in total. The molecule has 0 bridgehead atoms. The monoisotopic (exact) mass is 406 g/mol. The Balaban J connectivity index is 1.33. The number of hydrogen-bond donors (Lipinski definition) is 0. The van der Waals surface area contributed by atoms with Gasteiger partial charge >= 0.3 is 0 Å². The molecule has 0 radical (unpaired) electrons. The third-order valence-electron chi connectivity index (χ3n) is 4.97. The maximum Gasteiger partial charge on any atom is 0.255 e. The zero-order valence-corrected chi connectivity index (χ0v) is 16.7. The van der Waals surface area contributed by atoms with Gasteiger partial charge in [0.1, 0.15) is 0 Å². The van der Waals surface area contributed by atoms with E-state index in [9.17, 15) is 4.79 Å². The maximum atomic E-state index is 12.7. The zero-order chi connectivity index (χ0) is 18.6. The second-order valence-electron chi connectivity index (χ2n) is 6.77. The Hall–Kier alpha value is -1.67. The fourth-order valence-electron chi connectivity index (χ4n) is 3.41. The lowest BCUT2D eigenvalue weighted by Gasteiger charge is -2.34. The summed E-state index contributed by atoms with van der Waals surface area (Å²) in [6.07, 6.45) is 0. The number of anilines is 1. The van der Waals surface area contributed by atoms with Gasteiger partial charge in [0.2, 0.25) is 0 Å². The summed E-state index contributed by atoms with van der Waals surface area (Å²) in [7, 11) is 0. The van der Waals surface area contributed by atoms with Crippen LogP contribution in [0.2, 0.25) is 5.02 Å². The van der Waals surface area contributed by atoms with E-state index in [-0.39, 0.29) is 5.91 Å². The molecule has 1 aromatic carbocycles. The van der Waals surface area contributed by atoms with Crippen LogP contribution in [0.5, 0.6) is 0 Å². The lowest BCUT2D eigenvalue weighted by Crippen LogP contribution is -2.48. The first kappa shape index (κ1) is 18.7. The molecule has 3 heterocycles. The average Bonchev–Trinajstić information content (AvgIpc) is 3.17. The molecule has 2 fully saturated rings. The first-order valence-electron chi connectivity index (χ1n) is 9.24. The van der Waals surface area contributed by atoms with Gasteiger partial charge in [-0.1, -0.05) is 23.7 Å². The molecule has 6 nitrogen and oxygen atoms in total. The highest BCUT2D eigenvalue weighted by Gasteiger charge is 2.25. The predicted molar refractivity (Wildman–Crippen MR) is 108 cm³/mol. The molecule has 2 aliphatic heterocycles. The van der Waals surface area contributed by atoms with E-state index < -0.39 is 0 Å². The first-order chi connectivity index (χ1) is 13.2. The van der Waals surface area contributed by atoms with Crippen LogP contribution in [-0.4, -0.2) is 73.2 Å². The number of carbonyl (C=O) groups excluding carboxylic acids is 1. The highest BCUT2D eigenvalue weighted by Crippen LogP contribution is 2.24. The smallest absolute Gasteiger partial charge is 0.255 e. The van der Waals surface area contributed by atoms with Crippen LogP contribution < -0.4 is 4.90 Å². The van der Waals surface area contributed by atoms with Crippen LogP contribution in [0, 0.1) is 0 Å². The Morgan fingerprint density at radius 1 is 1.11 bits per heavy atom. The van der Waals surface area contributed by atoms with Crippen molar-refractivity contribution in [3.05, 3.63) is 45.9 Å². The van der Waals surface area contributed by atoms with E-state index in [0.717, 1.165) is 56.8 Å². The molecular formula is C19H23ClN4O2S. The van der Waals surface area contributed by atoms with Crippen molar-refractivity contribution in [2.45, 2.75) is 6.54 Å². The summed E-state index contributed by atoms with van der Waals surface area (Å²) < 4.78 is 5.40. The molecule has 27 heavy (non-hydrogen) atoms. The van der Waals surface area contributed by atoms with Crippen LogP contribution in [0.1, 0.15) is 16.1 Å². The second kappa shape index (κ2) is 8.56. The summed E-state index contributed by atoms with van der Waals surface area (Å²) in [4.78, 5) is 24.0. The first-order valence-corrected chi connectivity index (χ1v) is 10.5. The van der Waals surface area contributed by atoms with E-state index in [2.05, 4.69) is 15.2 Å². The fourth-order valence-corrected chi connectivity index (χ4v) is 4.50. The van der Waals surface area contributed by atoms with Gasteiger partial charge in [0.05, 0.1) is 29.5 Å². The van der Waals surface area contributed by atoms with Gasteiger partial charge in [0, 0.05) is 51.2 Å². The summed E-state index contributed by atoms with van der Waals surface area (Å²) >= 11 is 7.85. The molecule has 144 valence electrons. The minimum atomic E-state index is 0.00685. The van der Waals surface area contributed by atoms with Gasteiger partial charge < -0.3 is 14.5 Å².